The average Bonchev–Trinajstić information content (AvgIpc) is 2.45. The number of nitrogens with one attached hydrogen (secondary N) is 2. The van der Waals surface area contributed by atoms with Crippen molar-refractivity contribution in [3.8, 4) is 0 Å². The molecule has 0 atom stereocenters. The van der Waals surface area contributed by atoms with Gasteiger partial charge < -0.3 is 21.1 Å². The number of carbonyl (C=O) groups excluding carboxylic acids is 2. The highest BCUT2D eigenvalue weighted by Gasteiger charge is 2.05. The van der Waals surface area contributed by atoms with Gasteiger partial charge in [0.2, 0.25) is 0 Å². The van der Waals surface area contributed by atoms with E-state index < -0.39 is 6.09 Å². The SMILES string of the molecule is COC(=O)NCc1ccc(C(=O)NCCCN)cc1. The first kappa shape index (κ1) is 15.0. The molecule has 0 radical (unpaired) electrons. The normalized spacial score (nSPS) is 9.79. The van der Waals surface area contributed by atoms with Gasteiger partial charge in [-0.1, -0.05) is 12.1 Å². The molecule has 0 heterocycles. The molecule has 1 rings (SSSR count). The zero-order valence-electron chi connectivity index (χ0n) is 10.9. The van der Waals surface area contributed by atoms with Crippen molar-refractivity contribution in [2.45, 2.75) is 13.0 Å². The first-order valence-corrected chi connectivity index (χ1v) is 6.06. The van der Waals surface area contributed by atoms with Gasteiger partial charge in [-0.25, -0.2) is 4.79 Å². The van der Waals surface area contributed by atoms with E-state index in [0.717, 1.165) is 12.0 Å². The second kappa shape index (κ2) is 8.10. The fraction of sp³-hybridized carbons (Fsp3) is 0.385. The van der Waals surface area contributed by atoms with Gasteiger partial charge in [-0.05, 0) is 30.7 Å². The second-order valence-corrected chi connectivity index (χ2v) is 3.94. The van der Waals surface area contributed by atoms with Crippen LogP contribution in [0.4, 0.5) is 4.79 Å². The van der Waals surface area contributed by atoms with Crippen LogP contribution in [-0.4, -0.2) is 32.2 Å². The van der Waals surface area contributed by atoms with Crippen molar-refractivity contribution in [3.63, 3.8) is 0 Å². The summed E-state index contributed by atoms with van der Waals surface area (Å²) in [5.74, 6) is -0.124. The predicted molar refractivity (Wildman–Crippen MR) is 71.7 cm³/mol. The third-order valence-corrected chi connectivity index (χ3v) is 2.50. The van der Waals surface area contributed by atoms with Gasteiger partial charge in [-0.15, -0.1) is 0 Å². The van der Waals surface area contributed by atoms with Crippen molar-refractivity contribution >= 4 is 12.0 Å². The summed E-state index contributed by atoms with van der Waals surface area (Å²) in [7, 11) is 1.31. The Hall–Kier alpha value is -2.08. The maximum atomic E-state index is 11.7. The summed E-state index contributed by atoms with van der Waals surface area (Å²) < 4.78 is 4.46. The molecule has 6 heteroatoms. The van der Waals surface area contributed by atoms with Gasteiger partial charge in [0.15, 0.2) is 0 Å². The molecule has 0 fully saturated rings. The minimum absolute atomic E-state index is 0.124. The van der Waals surface area contributed by atoms with Crippen LogP contribution in [0, 0.1) is 0 Å². The molecule has 0 saturated carbocycles. The molecule has 1 aromatic carbocycles. The highest BCUT2D eigenvalue weighted by atomic mass is 16.5. The van der Waals surface area contributed by atoms with Crippen molar-refractivity contribution < 1.29 is 14.3 Å². The van der Waals surface area contributed by atoms with Gasteiger partial charge in [0.05, 0.1) is 7.11 Å². The molecule has 4 N–H and O–H groups in total. The lowest BCUT2D eigenvalue weighted by Crippen LogP contribution is -2.26. The summed E-state index contributed by atoms with van der Waals surface area (Å²) in [6.45, 7) is 1.49. The fourth-order valence-corrected chi connectivity index (χ4v) is 1.43. The lowest BCUT2D eigenvalue weighted by atomic mass is 10.1. The zero-order chi connectivity index (χ0) is 14.1. The van der Waals surface area contributed by atoms with E-state index in [9.17, 15) is 9.59 Å². The summed E-state index contributed by atoms with van der Waals surface area (Å²) in [6.07, 6.45) is 0.274. The number of hydrogen-bond donors (Lipinski definition) is 3. The molecule has 0 saturated heterocycles. The highest BCUT2D eigenvalue weighted by Crippen LogP contribution is 2.04. The molecule has 19 heavy (non-hydrogen) atoms. The van der Waals surface area contributed by atoms with E-state index in [1.165, 1.54) is 7.11 Å². The summed E-state index contributed by atoms with van der Waals surface area (Å²) in [4.78, 5) is 22.6. The van der Waals surface area contributed by atoms with Crippen LogP contribution >= 0.6 is 0 Å². The third-order valence-electron chi connectivity index (χ3n) is 2.50. The van der Waals surface area contributed by atoms with Crippen LogP contribution in [0.1, 0.15) is 22.3 Å². The quantitative estimate of drug-likeness (QED) is 0.657. The van der Waals surface area contributed by atoms with E-state index in [1.807, 2.05) is 0 Å². The molecule has 0 aliphatic carbocycles. The van der Waals surface area contributed by atoms with Crippen molar-refractivity contribution in [2.24, 2.45) is 5.73 Å². The molecule has 1 aromatic rings. The van der Waals surface area contributed by atoms with Gasteiger partial charge in [0, 0.05) is 18.7 Å². The summed E-state index contributed by atoms with van der Waals surface area (Å²) in [6, 6.07) is 7.00. The number of amides is 2. The van der Waals surface area contributed by atoms with Crippen LogP contribution in [0.5, 0.6) is 0 Å². The van der Waals surface area contributed by atoms with Crippen LogP contribution in [0.15, 0.2) is 24.3 Å². The Labute approximate surface area is 112 Å². The Balaban J connectivity index is 2.46. The van der Waals surface area contributed by atoms with E-state index in [2.05, 4.69) is 15.4 Å². The lowest BCUT2D eigenvalue weighted by molar-refractivity contribution is 0.0953. The van der Waals surface area contributed by atoms with E-state index in [1.54, 1.807) is 24.3 Å². The number of benzene rings is 1. The Morgan fingerprint density at radius 1 is 1.21 bits per heavy atom. The van der Waals surface area contributed by atoms with Crippen LogP contribution in [-0.2, 0) is 11.3 Å². The van der Waals surface area contributed by atoms with E-state index in [0.29, 0.717) is 25.2 Å². The molecule has 0 bridgehead atoms. The zero-order valence-corrected chi connectivity index (χ0v) is 10.9. The predicted octanol–water partition coefficient (Wildman–Crippen LogP) is 0.621. The maximum absolute atomic E-state index is 11.7. The van der Waals surface area contributed by atoms with Gasteiger partial charge in [-0.2, -0.15) is 0 Å². The molecule has 0 aromatic heterocycles. The van der Waals surface area contributed by atoms with Crippen molar-refractivity contribution in [1.82, 2.24) is 10.6 Å². The van der Waals surface area contributed by atoms with Crippen LogP contribution in [0.2, 0.25) is 0 Å². The molecule has 2 amide bonds. The molecular formula is C13H19N3O3. The Morgan fingerprint density at radius 2 is 1.89 bits per heavy atom. The van der Waals surface area contributed by atoms with Crippen molar-refractivity contribution in [1.29, 1.82) is 0 Å². The molecule has 0 unspecified atom stereocenters. The number of rotatable bonds is 6. The topological polar surface area (TPSA) is 93.4 Å². The lowest BCUT2D eigenvalue weighted by Gasteiger charge is -2.06. The monoisotopic (exact) mass is 265 g/mol. The molecule has 0 aliphatic rings. The number of methoxy groups -OCH3 is 1. The number of nitrogens with two attached hydrogens (primary N) is 1. The molecular weight excluding hydrogens is 246 g/mol. The van der Waals surface area contributed by atoms with Crippen molar-refractivity contribution in [2.75, 3.05) is 20.2 Å². The Bertz CT molecular complexity index is 418. The smallest absolute Gasteiger partial charge is 0.407 e. The summed E-state index contributed by atoms with van der Waals surface area (Å²) in [5, 5.41) is 5.33. The highest BCUT2D eigenvalue weighted by molar-refractivity contribution is 5.94. The fourth-order valence-electron chi connectivity index (χ4n) is 1.43. The Kier molecular flexibility index (Phi) is 6.38. The first-order valence-electron chi connectivity index (χ1n) is 6.06. The number of ether oxygens (including phenoxy) is 1. The van der Waals surface area contributed by atoms with Gasteiger partial charge >= 0.3 is 6.09 Å². The number of carbonyl (C=O) groups is 2. The minimum Gasteiger partial charge on any atom is -0.453 e. The minimum atomic E-state index is -0.483. The van der Waals surface area contributed by atoms with Gasteiger partial charge in [0.1, 0.15) is 0 Å². The number of hydrogen-bond acceptors (Lipinski definition) is 4. The second-order valence-electron chi connectivity index (χ2n) is 3.94. The van der Waals surface area contributed by atoms with Crippen LogP contribution < -0.4 is 16.4 Å². The molecule has 0 aliphatic heterocycles. The number of alkyl carbamates (subject to hydrolysis) is 1. The third kappa shape index (κ3) is 5.39. The summed E-state index contributed by atoms with van der Waals surface area (Å²) >= 11 is 0. The van der Waals surface area contributed by atoms with Crippen LogP contribution in [0.3, 0.4) is 0 Å². The van der Waals surface area contributed by atoms with E-state index in [4.69, 9.17) is 5.73 Å². The first-order chi connectivity index (χ1) is 9.17. The van der Waals surface area contributed by atoms with Gasteiger partial charge in [-0.3, -0.25) is 4.79 Å². The summed E-state index contributed by atoms with van der Waals surface area (Å²) in [5.41, 5.74) is 6.82. The standard InChI is InChI=1S/C13H19N3O3/c1-19-13(18)16-9-10-3-5-11(6-4-10)12(17)15-8-2-7-14/h3-6H,2,7-9,14H2,1H3,(H,15,17)(H,16,18). The molecule has 0 spiro atoms. The van der Waals surface area contributed by atoms with E-state index >= 15 is 0 Å². The largest absolute Gasteiger partial charge is 0.453 e. The van der Waals surface area contributed by atoms with Crippen molar-refractivity contribution in [3.05, 3.63) is 35.4 Å². The van der Waals surface area contributed by atoms with Gasteiger partial charge in [0.25, 0.3) is 5.91 Å². The maximum Gasteiger partial charge on any atom is 0.407 e. The Morgan fingerprint density at radius 3 is 2.47 bits per heavy atom. The average molecular weight is 265 g/mol. The molecule has 104 valence electrons. The molecule has 6 nitrogen and oxygen atoms in total. The van der Waals surface area contributed by atoms with Crippen LogP contribution in [0.25, 0.3) is 0 Å². The van der Waals surface area contributed by atoms with E-state index in [-0.39, 0.29) is 5.91 Å².